The zero-order chi connectivity index (χ0) is 19.7. The Bertz CT molecular complexity index is 1180. The standard InChI is InChI=1S/C22H20N4O2/c1-25(2)22-17(10-7-13-23-22)24-20(27)14-26-18-11-5-3-8-15(18)21(28)16-9-4-6-12-19(16)26/h3-13H,14H2,1-2H3,(H,24,27). The highest BCUT2D eigenvalue weighted by Gasteiger charge is 2.14. The molecule has 0 aliphatic carbocycles. The largest absolute Gasteiger partial charge is 0.361 e. The fourth-order valence-electron chi connectivity index (χ4n) is 3.43. The Hall–Kier alpha value is -3.67. The lowest BCUT2D eigenvalue weighted by Gasteiger charge is -2.18. The maximum absolute atomic E-state index is 12.9. The number of benzene rings is 2. The van der Waals surface area contributed by atoms with Gasteiger partial charge in [-0.15, -0.1) is 0 Å². The lowest BCUT2D eigenvalue weighted by Crippen LogP contribution is -2.23. The van der Waals surface area contributed by atoms with Crippen LogP contribution in [0.15, 0.2) is 71.7 Å². The number of aromatic nitrogens is 2. The van der Waals surface area contributed by atoms with Crippen LogP contribution in [0.4, 0.5) is 11.5 Å². The molecule has 2 aromatic carbocycles. The smallest absolute Gasteiger partial charge is 0.244 e. The van der Waals surface area contributed by atoms with Gasteiger partial charge in [-0.25, -0.2) is 4.98 Å². The predicted molar refractivity (Wildman–Crippen MR) is 113 cm³/mol. The maximum atomic E-state index is 12.9. The number of amides is 1. The monoisotopic (exact) mass is 372 g/mol. The Morgan fingerprint density at radius 1 is 0.964 bits per heavy atom. The van der Waals surface area contributed by atoms with E-state index in [0.29, 0.717) is 22.3 Å². The average molecular weight is 372 g/mol. The number of nitrogens with one attached hydrogen (secondary N) is 1. The first-order valence-electron chi connectivity index (χ1n) is 8.99. The molecule has 6 heteroatoms. The molecule has 0 saturated heterocycles. The molecular weight excluding hydrogens is 352 g/mol. The summed E-state index contributed by atoms with van der Waals surface area (Å²) in [7, 11) is 3.75. The van der Waals surface area contributed by atoms with Gasteiger partial charge >= 0.3 is 0 Å². The first-order valence-corrected chi connectivity index (χ1v) is 8.99. The molecular formula is C22H20N4O2. The molecule has 0 radical (unpaired) electrons. The molecule has 0 atom stereocenters. The number of carbonyl (C=O) groups excluding carboxylic acids is 1. The topological polar surface area (TPSA) is 67.2 Å². The van der Waals surface area contributed by atoms with E-state index in [1.807, 2.05) is 66.0 Å². The van der Waals surface area contributed by atoms with Crippen molar-refractivity contribution in [2.75, 3.05) is 24.3 Å². The highest BCUT2D eigenvalue weighted by atomic mass is 16.2. The molecule has 0 aliphatic rings. The van der Waals surface area contributed by atoms with Crippen molar-refractivity contribution in [2.45, 2.75) is 6.54 Å². The molecule has 0 saturated carbocycles. The Balaban J connectivity index is 1.78. The number of pyridine rings is 2. The molecule has 4 aromatic rings. The molecule has 0 aliphatic heterocycles. The van der Waals surface area contributed by atoms with Gasteiger partial charge in [0.15, 0.2) is 11.2 Å². The Morgan fingerprint density at radius 2 is 1.57 bits per heavy atom. The third-order valence-electron chi connectivity index (χ3n) is 4.67. The molecule has 28 heavy (non-hydrogen) atoms. The second-order valence-electron chi connectivity index (χ2n) is 6.77. The van der Waals surface area contributed by atoms with Crippen LogP contribution in [0.2, 0.25) is 0 Å². The zero-order valence-corrected chi connectivity index (χ0v) is 15.7. The van der Waals surface area contributed by atoms with E-state index in [2.05, 4.69) is 10.3 Å². The van der Waals surface area contributed by atoms with Crippen LogP contribution in [0.5, 0.6) is 0 Å². The summed E-state index contributed by atoms with van der Waals surface area (Å²) < 4.78 is 1.88. The number of rotatable bonds is 4. The molecule has 140 valence electrons. The van der Waals surface area contributed by atoms with Crippen molar-refractivity contribution in [2.24, 2.45) is 0 Å². The normalized spacial score (nSPS) is 10.9. The van der Waals surface area contributed by atoms with Gasteiger partial charge in [-0.2, -0.15) is 0 Å². The van der Waals surface area contributed by atoms with Gasteiger partial charge in [0.05, 0.1) is 16.7 Å². The summed E-state index contributed by atoms with van der Waals surface area (Å²) in [5.74, 6) is 0.500. The van der Waals surface area contributed by atoms with Crippen LogP contribution in [-0.2, 0) is 11.3 Å². The summed E-state index contributed by atoms with van der Waals surface area (Å²) in [6.07, 6.45) is 1.69. The van der Waals surface area contributed by atoms with Crippen LogP contribution in [0.1, 0.15) is 0 Å². The Labute approximate surface area is 162 Å². The van der Waals surface area contributed by atoms with Gasteiger partial charge in [0.2, 0.25) is 5.91 Å². The summed E-state index contributed by atoms with van der Waals surface area (Å²) in [5, 5.41) is 4.14. The van der Waals surface area contributed by atoms with Crippen LogP contribution in [0, 0.1) is 0 Å². The molecule has 2 aromatic heterocycles. The molecule has 0 spiro atoms. The van der Waals surface area contributed by atoms with E-state index in [4.69, 9.17) is 0 Å². The number of hydrogen-bond donors (Lipinski definition) is 1. The Morgan fingerprint density at radius 3 is 2.18 bits per heavy atom. The van der Waals surface area contributed by atoms with E-state index in [0.717, 1.165) is 11.0 Å². The zero-order valence-electron chi connectivity index (χ0n) is 15.7. The lowest BCUT2D eigenvalue weighted by molar-refractivity contribution is -0.116. The van der Waals surface area contributed by atoms with Crippen molar-refractivity contribution in [3.05, 3.63) is 77.1 Å². The minimum Gasteiger partial charge on any atom is -0.361 e. The summed E-state index contributed by atoms with van der Waals surface area (Å²) >= 11 is 0. The highest BCUT2D eigenvalue weighted by Crippen LogP contribution is 2.22. The minimum atomic E-state index is -0.185. The fraction of sp³-hybridized carbons (Fsp3) is 0.136. The van der Waals surface area contributed by atoms with Crippen LogP contribution >= 0.6 is 0 Å². The molecule has 6 nitrogen and oxygen atoms in total. The third-order valence-corrected chi connectivity index (χ3v) is 4.67. The molecule has 2 heterocycles. The summed E-state index contributed by atoms with van der Waals surface area (Å²) in [5.41, 5.74) is 2.10. The summed E-state index contributed by atoms with van der Waals surface area (Å²) in [6.45, 7) is 0.0864. The van der Waals surface area contributed by atoms with E-state index in [9.17, 15) is 9.59 Å². The first kappa shape index (κ1) is 17.7. The van der Waals surface area contributed by atoms with Crippen molar-refractivity contribution >= 4 is 39.2 Å². The van der Waals surface area contributed by atoms with Gasteiger partial charge in [0.25, 0.3) is 0 Å². The van der Waals surface area contributed by atoms with E-state index in [1.54, 1.807) is 24.4 Å². The second kappa shape index (κ2) is 7.15. The number of para-hydroxylation sites is 2. The van der Waals surface area contributed by atoms with Gasteiger partial charge < -0.3 is 14.8 Å². The van der Waals surface area contributed by atoms with Crippen molar-refractivity contribution in [1.29, 1.82) is 0 Å². The first-order chi connectivity index (χ1) is 13.6. The van der Waals surface area contributed by atoms with Crippen LogP contribution in [0.25, 0.3) is 21.8 Å². The van der Waals surface area contributed by atoms with Crippen LogP contribution in [-0.4, -0.2) is 29.6 Å². The third kappa shape index (κ3) is 3.09. The summed E-state index contributed by atoms with van der Waals surface area (Å²) in [6, 6.07) is 18.3. The van der Waals surface area contributed by atoms with E-state index < -0.39 is 0 Å². The maximum Gasteiger partial charge on any atom is 0.244 e. The quantitative estimate of drug-likeness (QED) is 0.559. The fourth-order valence-corrected chi connectivity index (χ4v) is 3.43. The molecule has 0 bridgehead atoms. The summed E-state index contributed by atoms with van der Waals surface area (Å²) in [4.78, 5) is 31.8. The van der Waals surface area contributed by atoms with Gasteiger partial charge in [0.1, 0.15) is 6.54 Å². The van der Waals surface area contributed by atoms with Gasteiger partial charge in [-0.3, -0.25) is 9.59 Å². The van der Waals surface area contributed by atoms with E-state index in [-0.39, 0.29) is 17.9 Å². The Kier molecular flexibility index (Phi) is 4.53. The number of hydrogen-bond acceptors (Lipinski definition) is 4. The molecule has 0 unspecified atom stereocenters. The van der Waals surface area contributed by atoms with E-state index >= 15 is 0 Å². The SMILES string of the molecule is CN(C)c1ncccc1NC(=O)Cn1c2ccccc2c(=O)c2ccccc21. The number of fused-ring (bicyclic) bond motifs is 2. The molecule has 1 amide bonds. The van der Waals surface area contributed by atoms with Gasteiger partial charge in [-0.1, -0.05) is 24.3 Å². The van der Waals surface area contributed by atoms with Gasteiger partial charge in [0, 0.05) is 31.1 Å². The number of carbonyl (C=O) groups is 1. The van der Waals surface area contributed by atoms with Crippen molar-refractivity contribution in [1.82, 2.24) is 9.55 Å². The van der Waals surface area contributed by atoms with Crippen molar-refractivity contribution in [3.8, 4) is 0 Å². The minimum absolute atomic E-state index is 0.0231. The highest BCUT2D eigenvalue weighted by molar-refractivity contribution is 5.98. The van der Waals surface area contributed by atoms with E-state index in [1.165, 1.54) is 0 Å². The van der Waals surface area contributed by atoms with Crippen LogP contribution < -0.4 is 15.6 Å². The molecule has 1 N–H and O–H groups in total. The number of anilines is 2. The predicted octanol–water partition coefficient (Wildman–Crippen LogP) is 3.25. The molecule has 0 fully saturated rings. The second-order valence-corrected chi connectivity index (χ2v) is 6.77. The van der Waals surface area contributed by atoms with Crippen molar-refractivity contribution in [3.63, 3.8) is 0 Å². The van der Waals surface area contributed by atoms with Crippen molar-refractivity contribution < 1.29 is 4.79 Å². The molecule has 4 rings (SSSR count). The van der Waals surface area contributed by atoms with Gasteiger partial charge in [-0.05, 0) is 36.4 Å². The van der Waals surface area contributed by atoms with Crippen LogP contribution in [0.3, 0.4) is 0 Å². The number of nitrogens with zero attached hydrogens (tertiary/aromatic N) is 3. The average Bonchev–Trinajstić information content (AvgIpc) is 2.71. The lowest BCUT2D eigenvalue weighted by atomic mass is 10.1.